The molecule has 4 rings (SSSR count). The van der Waals surface area contributed by atoms with E-state index in [1.54, 1.807) is 4.90 Å². The van der Waals surface area contributed by atoms with Crippen molar-refractivity contribution in [2.45, 2.75) is 40.2 Å². The normalized spacial score (nSPS) is 19.0. The van der Waals surface area contributed by atoms with E-state index in [1.165, 1.54) is 0 Å². The van der Waals surface area contributed by atoms with Gasteiger partial charge in [-0.15, -0.1) is 0 Å². The highest BCUT2D eigenvalue weighted by molar-refractivity contribution is 5.97. The molecule has 0 saturated carbocycles. The highest BCUT2D eigenvalue weighted by Gasteiger charge is 2.33. The van der Waals surface area contributed by atoms with Crippen LogP contribution in [0.2, 0.25) is 0 Å². The van der Waals surface area contributed by atoms with Crippen molar-refractivity contribution in [2.24, 2.45) is 0 Å². The molecule has 7 nitrogen and oxygen atoms in total. The lowest BCUT2D eigenvalue weighted by molar-refractivity contribution is 0.0746. The van der Waals surface area contributed by atoms with Gasteiger partial charge in [-0.1, -0.05) is 13.0 Å². The molecule has 7 heteroatoms. The summed E-state index contributed by atoms with van der Waals surface area (Å²) in [7, 11) is 0. The summed E-state index contributed by atoms with van der Waals surface area (Å²) in [6, 6.07) is 7.79. The number of cyclic esters (lactones) is 1. The molecule has 2 fully saturated rings. The van der Waals surface area contributed by atoms with E-state index in [0.717, 1.165) is 47.7 Å². The fourth-order valence-corrected chi connectivity index (χ4v) is 4.45. The van der Waals surface area contributed by atoms with Crippen LogP contribution < -0.4 is 9.80 Å². The lowest BCUT2D eigenvalue weighted by atomic mass is 10.0. The molecule has 2 aromatic rings. The molecule has 0 bridgehead atoms. The third-order valence-electron chi connectivity index (χ3n) is 6.20. The largest absolute Gasteiger partial charge is 0.447 e. The second-order valence-corrected chi connectivity index (χ2v) is 8.44. The molecule has 3 heterocycles. The lowest BCUT2D eigenvalue weighted by Crippen LogP contribution is -2.49. The number of nitrogens with zero attached hydrogens (tertiary/aromatic N) is 4. The van der Waals surface area contributed by atoms with Gasteiger partial charge < -0.3 is 14.5 Å². The fourth-order valence-electron chi connectivity index (χ4n) is 4.45. The number of carbonyl (C=O) groups excluding carboxylic acids is 2. The standard InChI is InChI=1S/C24H30N4O3/c1-5-19-15-31-24(30)28(19)20-6-7-21(17(3)13-20)23(29)27-10-8-26(9-11-27)22-18(4)12-16(2)14-25-22/h6-7,12-14,19H,5,8-11,15H2,1-4H3. The maximum atomic E-state index is 13.2. The molecule has 2 saturated heterocycles. The van der Waals surface area contributed by atoms with Gasteiger partial charge in [0, 0.05) is 43.6 Å². The van der Waals surface area contributed by atoms with Crippen LogP contribution in [0.4, 0.5) is 16.3 Å². The van der Waals surface area contributed by atoms with E-state index in [9.17, 15) is 9.59 Å². The van der Waals surface area contributed by atoms with Crippen molar-refractivity contribution in [2.75, 3.05) is 42.6 Å². The first-order valence-corrected chi connectivity index (χ1v) is 10.9. The minimum absolute atomic E-state index is 0.0355. The predicted molar refractivity (Wildman–Crippen MR) is 121 cm³/mol. The summed E-state index contributed by atoms with van der Waals surface area (Å²) >= 11 is 0. The average molecular weight is 423 g/mol. The highest BCUT2D eigenvalue weighted by Crippen LogP contribution is 2.28. The zero-order chi connectivity index (χ0) is 22.1. The molecule has 1 unspecified atom stereocenters. The van der Waals surface area contributed by atoms with Gasteiger partial charge in [0.2, 0.25) is 0 Å². The molecule has 1 atom stereocenters. The Hall–Kier alpha value is -3.09. The Bertz CT molecular complexity index is 998. The summed E-state index contributed by atoms with van der Waals surface area (Å²) in [6.07, 6.45) is 2.40. The van der Waals surface area contributed by atoms with Crippen LogP contribution in [0, 0.1) is 20.8 Å². The molecule has 31 heavy (non-hydrogen) atoms. The number of pyridine rings is 1. The van der Waals surface area contributed by atoms with E-state index in [2.05, 4.69) is 22.9 Å². The molecule has 0 aliphatic carbocycles. The van der Waals surface area contributed by atoms with Crippen LogP contribution in [0.1, 0.15) is 40.4 Å². The van der Waals surface area contributed by atoms with Crippen molar-refractivity contribution in [3.8, 4) is 0 Å². The Morgan fingerprint density at radius 1 is 1.10 bits per heavy atom. The van der Waals surface area contributed by atoms with Crippen molar-refractivity contribution in [3.05, 3.63) is 52.7 Å². The Kier molecular flexibility index (Phi) is 5.85. The van der Waals surface area contributed by atoms with Gasteiger partial charge in [0.25, 0.3) is 5.91 Å². The predicted octanol–water partition coefficient (Wildman–Crippen LogP) is 3.70. The minimum Gasteiger partial charge on any atom is -0.447 e. The first-order valence-electron chi connectivity index (χ1n) is 10.9. The van der Waals surface area contributed by atoms with E-state index in [-0.39, 0.29) is 18.0 Å². The van der Waals surface area contributed by atoms with Gasteiger partial charge >= 0.3 is 6.09 Å². The third-order valence-corrected chi connectivity index (χ3v) is 6.20. The van der Waals surface area contributed by atoms with Gasteiger partial charge in [0.05, 0.1) is 6.04 Å². The second kappa shape index (κ2) is 8.57. The van der Waals surface area contributed by atoms with Crippen molar-refractivity contribution in [1.82, 2.24) is 9.88 Å². The Morgan fingerprint density at radius 2 is 1.84 bits per heavy atom. The Morgan fingerprint density at radius 3 is 2.48 bits per heavy atom. The number of carbonyl (C=O) groups is 2. The monoisotopic (exact) mass is 422 g/mol. The summed E-state index contributed by atoms with van der Waals surface area (Å²) in [6.45, 7) is 11.3. The second-order valence-electron chi connectivity index (χ2n) is 8.44. The van der Waals surface area contributed by atoms with Crippen molar-refractivity contribution >= 4 is 23.5 Å². The number of ether oxygens (including phenoxy) is 1. The lowest BCUT2D eigenvalue weighted by Gasteiger charge is -2.36. The zero-order valence-corrected chi connectivity index (χ0v) is 18.7. The number of anilines is 2. The molecular weight excluding hydrogens is 392 g/mol. The van der Waals surface area contributed by atoms with Crippen LogP contribution in [0.5, 0.6) is 0 Å². The molecule has 1 aromatic heterocycles. The van der Waals surface area contributed by atoms with Gasteiger partial charge in [-0.2, -0.15) is 0 Å². The average Bonchev–Trinajstić information content (AvgIpc) is 3.14. The van der Waals surface area contributed by atoms with Crippen LogP contribution in [0.15, 0.2) is 30.5 Å². The smallest absolute Gasteiger partial charge is 0.414 e. The third kappa shape index (κ3) is 4.09. The summed E-state index contributed by atoms with van der Waals surface area (Å²) in [5.41, 5.74) is 4.66. The molecule has 2 aliphatic heterocycles. The number of aryl methyl sites for hydroxylation is 3. The maximum Gasteiger partial charge on any atom is 0.414 e. The number of hydrogen-bond acceptors (Lipinski definition) is 5. The number of amides is 2. The molecule has 1 aromatic carbocycles. The van der Waals surface area contributed by atoms with Crippen LogP contribution in [-0.2, 0) is 4.74 Å². The van der Waals surface area contributed by atoms with Crippen molar-refractivity contribution < 1.29 is 14.3 Å². The zero-order valence-electron chi connectivity index (χ0n) is 18.7. The quantitative estimate of drug-likeness (QED) is 0.752. The van der Waals surface area contributed by atoms with Gasteiger partial charge in [-0.3, -0.25) is 9.69 Å². The number of benzene rings is 1. The minimum atomic E-state index is -0.318. The Balaban J connectivity index is 1.45. The summed E-state index contributed by atoms with van der Waals surface area (Å²) in [4.78, 5) is 35.7. The van der Waals surface area contributed by atoms with E-state index >= 15 is 0 Å². The van der Waals surface area contributed by atoms with E-state index in [4.69, 9.17) is 4.74 Å². The van der Waals surface area contributed by atoms with Gasteiger partial charge in [-0.25, -0.2) is 9.78 Å². The van der Waals surface area contributed by atoms with Gasteiger partial charge in [0.1, 0.15) is 12.4 Å². The van der Waals surface area contributed by atoms with E-state index < -0.39 is 0 Å². The SMILES string of the molecule is CCC1COC(=O)N1c1ccc(C(=O)N2CCN(c3ncc(C)cc3C)CC2)c(C)c1. The fraction of sp³-hybridized carbons (Fsp3) is 0.458. The first-order chi connectivity index (χ1) is 14.9. The van der Waals surface area contributed by atoms with Crippen molar-refractivity contribution in [1.29, 1.82) is 0 Å². The number of hydrogen-bond donors (Lipinski definition) is 0. The first kappa shape index (κ1) is 21.2. The van der Waals surface area contributed by atoms with Crippen LogP contribution >= 0.6 is 0 Å². The Labute approximate surface area is 183 Å². The van der Waals surface area contributed by atoms with E-state index in [1.807, 2.05) is 50.1 Å². The summed E-state index contributed by atoms with van der Waals surface area (Å²) in [5.74, 6) is 1.04. The number of aromatic nitrogens is 1. The summed E-state index contributed by atoms with van der Waals surface area (Å²) in [5, 5.41) is 0. The molecular formula is C24H30N4O3. The van der Waals surface area contributed by atoms with Crippen LogP contribution in [0.25, 0.3) is 0 Å². The summed E-state index contributed by atoms with van der Waals surface area (Å²) < 4.78 is 5.20. The van der Waals surface area contributed by atoms with Gasteiger partial charge in [-0.05, 0) is 62.1 Å². The van der Waals surface area contributed by atoms with Crippen LogP contribution in [-0.4, -0.2) is 60.7 Å². The molecule has 2 aliphatic rings. The number of piperazine rings is 1. The van der Waals surface area contributed by atoms with Gasteiger partial charge in [0.15, 0.2) is 0 Å². The van der Waals surface area contributed by atoms with Crippen LogP contribution in [0.3, 0.4) is 0 Å². The highest BCUT2D eigenvalue weighted by atomic mass is 16.6. The molecule has 164 valence electrons. The molecule has 0 N–H and O–H groups in total. The molecule has 2 amide bonds. The molecule has 0 spiro atoms. The molecule has 0 radical (unpaired) electrons. The topological polar surface area (TPSA) is 66.0 Å². The van der Waals surface area contributed by atoms with Crippen molar-refractivity contribution in [3.63, 3.8) is 0 Å². The van der Waals surface area contributed by atoms with E-state index in [0.29, 0.717) is 25.3 Å². The number of rotatable bonds is 4. The maximum absolute atomic E-state index is 13.2.